The third kappa shape index (κ3) is 3.85. The molecule has 1 aliphatic rings. The van der Waals surface area contributed by atoms with Gasteiger partial charge in [-0.15, -0.1) is 0 Å². The first-order chi connectivity index (χ1) is 8.82. The van der Waals surface area contributed by atoms with Gasteiger partial charge in [-0.3, -0.25) is 4.79 Å². The number of rotatable bonds is 4. The molecule has 0 aromatic heterocycles. The lowest BCUT2D eigenvalue weighted by atomic mass is 9.75. The monoisotopic (exact) mass is 269 g/mol. The summed E-state index contributed by atoms with van der Waals surface area (Å²) in [4.78, 5) is 14.2. The van der Waals surface area contributed by atoms with E-state index in [0.717, 1.165) is 25.7 Å². The van der Waals surface area contributed by atoms with Crippen molar-refractivity contribution in [2.24, 2.45) is 22.2 Å². The fraction of sp³-hybridized carbons (Fsp3) is 0.857. The van der Waals surface area contributed by atoms with Crippen molar-refractivity contribution in [1.29, 1.82) is 0 Å². The molecule has 0 bridgehead atoms. The van der Waals surface area contributed by atoms with Crippen molar-refractivity contribution in [2.45, 2.75) is 58.9 Å². The lowest BCUT2D eigenvalue weighted by Crippen LogP contribution is -2.46. The van der Waals surface area contributed by atoms with Crippen molar-refractivity contribution in [3.8, 4) is 0 Å². The highest BCUT2D eigenvalue weighted by Gasteiger charge is 2.33. The molecule has 0 radical (unpaired) electrons. The molecular formula is C14H27N3O2. The average Bonchev–Trinajstić information content (AvgIpc) is 2.38. The minimum absolute atomic E-state index is 0.00971. The van der Waals surface area contributed by atoms with Gasteiger partial charge in [0.1, 0.15) is 0 Å². The van der Waals surface area contributed by atoms with Gasteiger partial charge in [0.15, 0.2) is 5.84 Å². The van der Waals surface area contributed by atoms with Gasteiger partial charge in [0.25, 0.3) is 0 Å². The summed E-state index contributed by atoms with van der Waals surface area (Å²) in [5.74, 6) is -0.539. The first-order valence-corrected chi connectivity index (χ1v) is 7.06. The molecule has 0 spiro atoms. The zero-order chi connectivity index (χ0) is 14.6. The number of carbonyl (C=O) groups is 1. The van der Waals surface area contributed by atoms with E-state index in [1.807, 2.05) is 14.0 Å². The normalized spacial score (nSPS) is 22.0. The number of hydrogen-bond donors (Lipinski definition) is 2. The van der Waals surface area contributed by atoms with Crippen molar-refractivity contribution in [1.82, 2.24) is 4.90 Å². The van der Waals surface area contributed by atoms with Crippen LogP contribution in [0.15, 0.2) is 5.16 Å². The molecule has 5 heteroatoms. The molecule has 0 aromatic carbocycles. The van der Waals surface area contributed by atoms with Gasteiger partial charge in [0.2, 0.25) is 5.91 Å². The van der Waals surface area contributed by atoms with Crippen molar-refractivity contribution < 1.29 is 10.0 Å². The molecule has 0 saturated heterocycles. The maximum absolute atomic E-state index is 12.4. The Morgan fingerprint density at radius 3 is 2.42 bits per heavy atom. The molecule has 110 valence electrons. The molecule has 1 atom stereocenters. The Hall–Kier alpha value is -1.26. The van der Waals surface area contributed by atoms with E-state index in [4.69, 9.17) is 10.9 Å². The molecule has 1 unspecified atom stereocenters. The second-order valence-electron chi connectivity index (χ2n) is 6.33. The SMILES string of the molecule is CCC(C(=O)N(C)C1CCC(C)(C)CC1)C(N)=NO. The average molecular weight is 269 g/mol. The van der Waals surface area contributed by atoms with Crippen LogP contribution in [-0.4, -0.2) is 34.9 Å². The molecule has 1 aliphatic carbocycles. The third-order valence-electron chi connectivity index (χ3n) is 4.38. The van der Waals surface area contributed by atoms with E-state index in [9.17, 15) is 4.79 Å². The van der Waals surface area contributed by atoms with Crippen molar-refractivity contribution in [2.75, 3.05) is 7.05 Å². The van der Waals surface area contributed by atoms with Crippen molar-refractivity contribution >= 4 is 11.7 Å². The summed E-state index contributed by atoms with van der Waals surface area (Å²) in [6.45, 7) is 6.42. The summed E-state index contributed by atoms with van der Waals surface area (Å²) in [5, 5.41) is 11.7. The van der Waals surface area contributed by atoms with Crippen LogP contribution in [0.3, 0.4) is 0 Å². The van der Waals surface area contributed by atoms with Crippen LogP contribution >= 0.6 is 0 Å². The maximum Gasteiger partial charge on any atom is 0.233 e. The molecule has 5 nitrogen and oxygen atoms in total. The zero-order valence-electron chi connectivity index (χ0n) is 12.5. The number of amides is 1. The van der Waals surface area contributed by atoms with E-state index < -0.39 is 5.92 Å². The largest absolute Gasteiger partial charge is 0.409 e. The van der Waals surface area contributed by atoms with Gasteiger partial charge in [0.05, 0.1) is 5.92 Å². The molecule has 0 aromatic rings. The van der Waals surface area contributed by atoms with E-state index >= 15 is 0 Å². The summed E-state index contributed by atoms with van der Waals surface area (Å²) in [7, 11) is 1.83. The molecule has 0 heterocycles. The summed E-state index contributed by atoms with van der Waals surface area (Å²) in [6.07, 6.45) is 4.88. The maximum atomic E-state index is 12.4. The molecule has 0 aliphatic heterocycles. The Balaban J connectivity index is 2.67. The number of carbonyl (C=O) groups excluding carboxylic acids is 1. The van der Waals surface area contributed by atoms with Crippen molar-refractivity contribution in [3.63, 3.8) is 0 Å². The lowest BCUT2D eigenvalue weighted by molar-refractivity contribution is -0.135. The Kier molecular flexibility index (Phi) is 5.20. The minimum atomic E-state index is -0.509. The Morgan fingerprint density at radius 1 is 1.47 bits per heavy atom. The number of nitrogens with two attached hydrogens (primary N) is 1. The topological polar surface area (TPSA) is 78.9 Å². The molecule has 1 saturated carbocycles. The second kappa shape index (κ2) is 6.26. The molecule has 1 fully saturated rings. The van der Waals surface area contributed by atoms with E-state index in [2.05, 4.69) is 19.0 Å². The van der Waals surface area contributed by atoms with Crippen LogP contribution in [0, 0.1) is 11.3 Å². The number of hydrogen-bond acceptors (Lipinski definition) is 3. The smallest absolute Gasteiger partial charge is 0.233 e. The Labute approximate surface area is 115 Å². The van der Waals surface area contributed by atoms with Gasteiger partial charge in [-0.25, -0.2) is 0 Å². The summed E-state index contributed by atoms with van der Waals surface area (Å²) < 4.78 is 0. The zero-order valence-corrected chi connectivity index (χ0v) is 12.5. The van der Waals surface area contributed by atoms with Crippen LogP contribution in [0.2, 0.25) is 0 Å². The minimum Gasteiger partial charge on any atom is -0.409 e. The van der Waals surface area contributed by atoms with Crippen LogP contribution in [-0.2, 0) is 4.79 Å². The van der Waals surface area contributed by atoms with Gasteiger partial charge in [-0.05, 0) is 37.5 Å². The van der Waals surface area contributed by atoms with Crippen LogP contribution in [0.1, 0.15) is 52.9 Å². The molecule has 3 N–H and O–H groups in total. The van der Waals surface area contributed by atoms with Gasteiger partial charge in [-0.1, -0.05) is 25.9 Å². The van der Waals surface area contributed by atoms with Gasteiger partial charge in [0, 0.05) is 13.1 Å². The Morgan fingerprint density at radius 2 is 2.00 bits per heavy atom. The van der Waals surface area contributed by atoms with Gasteiger partial charge >= 0.3 is 0 Å². The van der Waals surface area contributed by atoms with Crippen LogP contribution < -0.4 is 5.73 Å². The summed E-state index contributed by atoms with van der Waals surface area (Å²) >= 11 is 0. The van der Waals surface area contributed by atoms with E-state index in [0.29, 0.717) is 11.8 Å². The fourth-order valence-electron chi connectivity index (χ4n) is 2.78. The highest BCUT2D eigenvalue weighted by atomic mass is 16.4. The molecule has 1 amide bonds. The first-order valence-electron chi connectivity index (χ1n) is 7.06. The highest BCUT2D eigenvalue weighted by Crippen LogP contribution is 2.36. The third-order valence-corrected chi connectivity index (χ3v) is 4.38. The fourth-order valence-corrected chi connectivity index (χ4v) is 2.78. The van der Waals surface area contributed by atoms with Gasteiger partial charge in [-0.2, -0.15) is 0 Å². The van der Waals surface area contributed by atoms with Gasteiger partial charge < -0.3 is 15.8 Å². The summed E-state index contributed by atoms with van der Waals surface area (Å²) in [6, 6.07) is 0.279. The number of amidine groups is 1. The van der Waals surface area contributed by atoms with Crippen LogP contribution in [0.5, 0.6) is 0 Å². The van der Waals surface area contributed by atoms with Crippen LogP contribution in [0.25, 0.3) is 0 Å². The number of oxime groups is 1. The predicted octanol–water partition coefficient (Wildman–Crippen LogP) is 2.19. The number of nitrogens with zero attached hydrogens (tertiary/aromatic N) is 2. The highest BCUT2D eigenvalue weighted by molar-refractivity contribution is 6.02. The van der Waals surface area contributed by atoms with E-state index in [1.54, 1.807) is 4.90 Å². The Bertz CT molecular complexity index is 343. The molecule has 1 rings (SSSR count). The van der Waals surface area contributed by atoms with E-state index in [-0.39, 0.29) is 17.8 Å². The second-order valence-corrected chi connectivity index (χ2v) is 6.33. The standard InChI is InChI=1S/C14H27N3O2/c1-5-11(12(15)16-19)13(18)17(4)10-6-8-14(2,3)9-7-10/h10-11,19H,5-9H2,1-4H3,(H2,15,16). The molecule has 19 heavy (non-hydrogen) atoms. The quantitative estimate of drug-likeness (QED) is 0.355. The van der Waals surface area contributed by atoms with Crippen molar-refractivity contribution in [3.05, 3.63) is 0 Å². The van der Waals surface area contributed by atoms with Crippen LogP contribution in [0.4, 0.5) is 0 Å². The first kappa shape index (κ1) is 15.8. The van der Waals surface area contributed by atoms with E-state index in [1.165, 1.54) is 0 Å². The summed E-state index contributed by atoms with van der Waals surface area (Å²) in [5.41, 5.74) is 5.98. The molecular weight excluding hydrogens is 242 g/mol. The predicted molar refractivity (Wildman–Crippen MR) is 76.0 cm³/mol. The lowest BCUT2D eigenvalue weighted by Gasteiger charge is -2.39.